The Morgan fingerprint density at radius 3 is 2.56 bits per heavy atom. The van der Waals surface area contributed by atoms with E-state index < -0.39 is 12.0 Å². The first kappa shape index (κ1) is 15.7. The van der Waals surface area contributed by atoms with E-state index in [2.05, 4.69) is 0 Å². The van der Waals surface area contributed by atoms with Gasteiger partial charge in [-0.15, -0.1) is 0 Å². The maximum atomic E-state index is 13.2. The van der Waals surface area contributed by atoms with Crippen LogP contribution in [-0.2, 0) is 22.6 Å². The maximum absolute atomic E-state index is 13.2. The molecule has 0 radical (unpaired) electrons. The second-order valence-electron chi connectivity index (χ2n) is 6.52. The van der Waals surface area contributed by atoms with E-state index in [9.17, 15) is 14.7 Å². The molecule has 128 valence electrons. The van der Waals surface area contributed by atoms with Crippen molar-refractivity contribution in [3.05, 3.63) is 65.2 Å². The number of para-hydroxylation sites is 1. The van der Waals surface area contributed by atoms with Gasteiger partial charge >= 0.3 is 5.97 Å². The maximum Gasteiger partial charge on any atom is 0.326 e. The molecule has 0 fully saturated rings. The molecule has 0 unspecified atom stereocenters. The van der Waals surface area contributed by atoms with Crippen LogP contribution in [0.4, 0.5) is 0 Å². The molecule has 2 aromatic rings. The largest absolute Gasteiger partial charge is 0.493 e. The molecule has 2 atom stereocenters. The van der Waals surface area contributed by atoms with Crippen LogP contribution in [0.1, 0.15) is 29.0 Å². The smallest absolute Gasteiger partial charge is 0.326 e. The van der Waals surface area contributed by atoms with Crippen LogP contribution < -0.4 is 4.74 Å². The highest BCUT2D eigenvalue weighted by atomic mass is 16.5. The molecule has 4 rings (SSSR count). The van der Waals surface area contributed by atoms with Crippen molar-refractivity contribution in [2.45, 2.75) is 31.3 Å². The van der Waals surface area contributed by atoms with Gasteiger partial charge in [0.15, 0.2) is 0 Å². The predicted molar refractivity (Wildman–Crippen MR) is 91.4 cm³/mol. The molecule has 2 aliphatic heterocycles. The minimum atomic E-state index is -0.955. The van der Waals surface area contributed by atoms with Gasteiger partial charge in [-0.2, -0.15) is 0 Å². The summed E-state index contributed by atoms with van der Waals surface area (Å²) in [7, 11) is 0. The van der Waals surface area contributed by atoms with Gasteiger partial charge in [0, 0.05) is 18.5 Å². The summed E-state index contributed by atoms with van der Waals surface area (Å²) in [6.45, 7) is 0.807. The monoisotopic (exact) mass is 337 g/mol. The molecule has 2 aliphatic rings. The summed E-state index contributed by atoms with van der Waals surface area (Å²) >= 11 is 0. The van der Waals surface area contributed by atoms with E-state index in [4.69, 9.17) is 4.74 Å². The molecule has 0 aromatic heterocycles. The zero-order valence-electron chi connectivity index (χ0n) is 13.7. The van der Waals surface area contributed by atoms with Crippen molar-refractivity contribution in [2.24, 2.45) is 0 Å². The van der Waals surface area contributed by atoms with Crippen LogP contribution in [0.25, 0.3) is 0 Å². The summed E-state index contributed by atoms with van der Waals surface area (Å²) in [5.41, 5.74) is 2.88. The van der Waals surface area contributed by atoms with Gasteiger partial charge < -0.3 is 14.7 Å². The number of nitrogens with zero attached hydrogens (tertiary/aromatic N) is 1. The molecule has 2 heterocycles. The number of carbonyl (C=O) groups is 2. The summed E-state index contributed by atoms with van der Waals surface area (Å²) in [5.74, 6) is -0.714. The highest BCUT2D eigenvalue weighted by Crippen LogP contribution is 2.36. The molecule has 0 aliphatic carbocycles. The highest BCUT2D eigenvalue weighted by Gasteiger charge is 2.39. The molecule has 2 aromatic carbocycles. The van der Waals surface area contributed by atoms with Crippen molar-refractivity contribution >= 4 is 11.9 Å². The Balaban J connectivity index is 1.68. The lowest BCUT2D eigenvalue weighted by molar-refractivity contribution is -0.152. The number of benzene rings is 2. The minimum absolute atomic E-state index is 0.127. The van der Waals surface area contributed by atoms with Crippen LogP contribution in [0, 0.1) is 0 Å². The summed E-state index contributed by atoms with van der Waals surface area (Å²) in [5, 5.41) is 9.66. The lowest BCUT2D eigenvalue weighted by Crippen LogP contribution is -2.50. The number of hydrogen-bond acceptors (Lipinski definition) is 3. The molecule has 0 bridgehead atoms. The average molecular weight is 337 g/mol. The topological polar surface area (TPSA) is 66.8 Å². The number of aliphatic carboxylic acids is 1. The Labute approximate surface area is 145 Å². The molecule has 5 nitrogen and oxygen atoms in total. The average Bonchev–Trinajstić information content (AvgIpc) is 2.66. The van der Waals surface area contributed by atoms with Crippen molar-refractivity contribution < 1.29 is 19.4 Å². The van der Waals surface area contributed by atoms with E-state index in [1.165, 1.54) is 4.90 Å². The number of rotatable bonds is 2. The molecular formula is C20H19NO4. The number of carboxylic acids is 1. The number of hydrogen-bond donors (Lipinski definition) is 1. The Morgan fingerprint density at radius 2 is 1.76 bits per heavy atom. The molecular weight excluding hydrogens is 318 g/mol. The Hall–Kier alpha value is -2.82. The van der Waals surface area contributed by atoms with Crippen LogP contribution >= 0.6 is 0 Å². The van der Waals surface area contributed by atoms with E-state index in [1.807, 2.05) is 48.5 Å². The fraction of sp³-hybridized carbons (Fsp3) is 0.300. The molecule has 0 saturated carbocycles. The molecule has 1 N–H and O–H groups in total. The van der Waals surface area contributed by atoms with Crippen LogP contribution in [0.5, 0.6) is 5.75 Å². The summed E-state index contributed by atoms with van der Waals surface area (Å²) in [6, 6.07) is 14.4. The number of carbonyl (C=O) groups excluding carboxylic acids is 1. The zero-order chi connectivity index (χ0) is 17.4. The van der Waals surface area contributed by atoms with Crippen molar-refractivity contribution in [2.75, 3.05) is 6.61 Å². The molecule has 1 amide bonds. The van der Waals surface area contributed by atoms with Gasteiger partial charge in [-0.05, 0) is 23.6 Å². The van der Waals surface area contributed by atoms with Crippen LogP contribution in [0.15, 0.2) is 48.5 Å². The Morgan fingerprint density at radius 1 is 1.04 bits per heavy atom. The summed E-state index contributed by atoms with van der Waals surface area (Å²) in [6.07, 6.45) is 0.919. The number of ether oxygens (including phenoxy) is 1. The number of amides is 1. The summed E-state index contributed by atoms with van der Waals surface area (Å²) in [4.78, 5) is 26.6. The number of fused-ring (bicyclic) bond motifs is 2. The molecule has 0 saturated heterocycles. The minimum Gasteiger partial charge on any atom is -0.493 e. The first-order valence-electron chi connectivity index (χ1n) is 8.47. The van der Waals surface area contributed by atoms with Crippen LogP contribution in [0.2, 0.25) is 0 Å². The Kier molecular flexibility index (Phi) is 3.92. The van der Waals surface area contributed by atoms with Gasteiger partial charge in [0.05, 0.1) is 12.5 Å². The fourth-order valence-electron chi connectivity index (χ4n) is 3.77. The van der Waals surface area contributed by atoms with Gasteiger partial charge in [0.1, 0.15) is 11.8 Å². The third kappa shape index (κ3) is 2.76. The third-order valence-corrected chi connectivity index (χ3v) is 5.07. The molecule has 0 spiro atoms. The second kappa shape index (κ2) is 6.24. The van der Waals surface area contributed by atoms with Crippen LogP contribution in [-0.4, -0.2) is 34.5 Å². The van der Waals surface area contributed by atoms with Gasteiger partial charge in [0.2, 0.25) is 5.91 Å². The fourth-order valence-corrected chi connectivity index (χ4v) is 3.77. The van der Waals surface area contributed by atoms with Crippen molar-refractivity contribution in [1.82, 2.24) is 4.90 Å². The van der Waals surface area contributed by atoms with Gasteiger partial charge in [0.25, 0.3) is 0 Å². The van der Waals surface area contributed by atoms with Crippen molar-refractivity contribution in [3.8, 4) is 5.75 Å². The van der Waals surface area contributed by atoms with Gasteiger partial charge in [-0.1, -0.05) is 42.5 Å². The van der Waals surface area contributed by atoms with Crippen molar-refractivity contribution in [3.63, 3.8) is 0 Å². The third-order valence-electron chi connectivity index (χ3n) is 5.07. The summed E-state index contributed by atoms with van der Waals surface area (Å²) < 4.78 is 5.63. The Bertz CT molecular complexity index is 832. The predicted octanol–water partition coefficient (Wildman–Crippen LogP) is 2.59. The van der Waals surface area contributed by atoms with Gasteiger partial charge in [-0.25, -0.2) is 4.79 Å². The lowest BCUT2D eigenvalue weighted by Gasteiger charge is -2.37. The van der Waals surface area contributed by atoms with Crippen LogP contribution in [0.3, 0.4) is 0 Å². The quantitative estimate of drug-likeness (QED) is 0.915. The van der Waals surface area contributed by atoms with Crippen molar-refractivity contribution in [1.29, 1.82) is 0 Å². The second-order valence-corrected chi connectivity index (χ2v) is 6.52. The number of carboxylic acid groups (broad SMARTS) is 1. The van der Waals surface area contributed by atoms with E-state index in [1.54, 1.807) is 0 Å². The lowest BCUT2D eigenvalue weighted by atomic mass is 9.88. The van der Waals surface area contributed by atoms with E-state index in [0.29, 0.717) is 26.0 Å². The van der Waals surface area contributed by atoms with E-state index in [-0.39, 0.29) is 11.8 Å². The zero-order valence-corrected chi connectivity index (χ0v) is 13.7. The normalized spacial score (nSPS) is 21.7. The first-order chi connectivity index (χ1) is 12.1. The molecule has 25 heavy (non-hydrogen) atoms. The van der Waals surface area contributed by atoms with E-state index >= 15 is 0 Å². The highest BCUT2D eigenvalue weighted by molar-refractivity contribution is 5.89. The SMILES string of the molecule is O=C(O)[C@@H]1Cc2ccccc2CN1C(=O)[C@@H]1CCOc2ccccc21. The van der Waals surface area contributed by atoms with E-state index in [0.717, 1.165) is 22.4 Å². The standard InChI is InChI=1S/C20H19NO4/c22-19(16-9-10-25-18-8-4-3-7-15(16)18)21-12-14-6-2-1-5-13(14)11-17(21)20(23)24/h1-8,16-17H,9-12H2,(H,23,24)/t16-,17+/m1/s1. The van der Waals surface area contributed by atoms with Gasteiger partial charge in [-0.3, -0.25) is 4.79 Å². The molecule has 5 heteroatoms. The first-order valence-corrected chi connectivity index (χ1v) is 8.47.